The Labute approximate surface area is 174 Å². The van der Waals surface area contributed by atoms with Gasteiger partial charge in [-0.1, -0.05) is 17.7 Å². The van der Waals surface area contributed by atoms with Gasteiger partial charge >= 0.3 is 0 Å². The van der Waals surface area contributed by atoms with Crippen molar-refractivity contribution in [2.24, 2.45) is 0 Å². The van der Waals surface area contributed by atoms with Gasteiger partial charge in [-0.25, -0.2) is 0 Å². The molecule has 0 aliphatic carbocycles. The van der Waals surface area contributed by atoms with Gasteiger partial charge in [0.15, 0.2) is 11.5 Å². The number of fused-ring (bicyclic) bond motifs is 1. The number of halogens is 1. The molecule has 0 spiro atoms. The molecule has 0 saturated carbocycles. The van der Waals surface area contributed by atoms with Crippen LogP contribution in [0.1, 0.15) is 35.2 Å². The van der Waals surface area contributed by atoms with E-state index in [9.17, 15) is 9.59 Å². The maximum absolute atomic E-state index is 12.8. The van der Waals surface area contributed by atoms with E-state index in [1.54, 1.807) is 18.2 Å². The Bertz CT molecular complexity index is 925. The molecule has 152 valence electrons. The lowest BCUT2D eigenvalue weighted by molar-refractivity contribution is -0.116. The number of anilines is 1. The van der Waals surface area contributed by atoms with Gasteiger partial charge in [0.2, 0.25) is 5.91 Å². The van der Waals surface area contributed by atoms with Crippen molar-refractivity contribution in [2.75, 3.05) is 31.6 Å². The minimum absolute atomic E-state index is 0.0682. The fourth-order valence-electron chi connectivity index (χ4n) is 3.61. The summed E-state index contributed by atoms with van der Waals surface area (Å²) < 4.78 is 11.1. The predicted molar refractivity (Wildman–Crippen MR) is 111 cm³/mol. The molecule has 0 aromatic heterocycles. The van der Waals surface area contributed by atoms with E-state index in [0.717, 1.165) is 37.2 Å². The van der Waals surface area contributed by atoms with Crippen molar-refractivity contribution in [1.82, 2.24) is 4.90 Å². The van der Waals surface area contributed by atoms with Gasteiger partial charge < -0.3 is 19.7 Å². The van der Waals surface area contributed by atoms with Crippen LogP contribution in [0.2, 0.25) is 5.02 Å². The summed E-state index contributed by atoms with van der Waals surface area (Å²) in [4.78, 5) is 27.1. The number of hydrogen-bond acceptors (Lipinski definition) is 4. The maximum atomic E-state index is 12.8. The van der Waals surface area contributed by atoms with Crippen molar-refractivity contribution < 1.29 is 19.1 Å². The highest BCUT2D eigenvalue weighted by Gasteiger charge is 2.22. The monoisotopic (exact) mass is 414 g/mol. The van der Waals surface area contributed by atoms with Crippen LogP contribution in [0.25, 0.3) is 0 Å². The number of hydrogen-bond donors (Lipinski definition) is 1. The molecule has 0 bridgehead atoms. The summed E-state index contributed by atoms with van der Waals surface area (Å²) in [6, 6.07) is 10.7. The molecular weight excluding hydrogens is 392 g/mol. The van der Waals surface area contributed by atoms with Gasteiger partial charge in [0.1, 0.15) is 13.2 Å². The lowest BCUT2D eigenvalue weighted by Gasteiger charge is -2.19. The van der Waals surface area contributed by atoms with Gasteiger partial charge in [0.25, 0.3) is 5.91 Å². The number of ether oxygens (including phenoxy) is 2. The highest BCUT2D eigenvalue weighted by Crippen LogP contribution is 2.31. The molecule has 4 rings (SSSR count). The first kappa shape index (κ1) is 19.6. The minimum Gasteiger partial charge on any atom is -0.486 e. The average Bonchev–Trinajstić information content (AvgIpc) is 3.27. The molecule has 0 radical (unpaired) electrons. The molecule has 1 N–H and O–H groups in total. The van der Waals surface area contributed by atoms with E-state index in [0.29, 0.717) is 41.7 Å². The normalized spacial score (nSPS) is 15.3. The summed E-state index contributed by atoms with van der Waals surface area (Å²) in [6.07, 6.45) is 2.86. The Morgan fingerprint density at radius 1 is 1.00 bits per heavy atom. The Morgan fingerprint density at radius 3 is 2.55 bits per heavy atom. The predicted octanol–water partition coefficient (Wildman–Crippen LogP) is 3.92. The molecule has 2 heterocycles. The second-order valence-corrected chi connectivity index (χ2v) is 7.65. The van der Waals surface area contributed by atoms with Crippen LogP contribution in [-0.4, -0.2) is 43.0 Å². The summed E-state index contributed by atoms with van der Waals surface area (Å²) >= 11 is 6.10. The number of nitrogens with zero attached hydrogens (tertiary/aromatic N) is 1. The molecule has 2 amide bonds. The first-order chi connectivity index (χ1) is 14.1. The Balaban J connectivity index is 1.41. The number of carbonyl (C=O) groups excluding carboxylic acids is 2. The van der Waals surface area contributed by atoms with Crippen LogP contribution in [0.4, 0.5) is 5.69 Å². The molecule has 2 aromatic rings. The zero-order valence-corrected chi connectivity index (χ0v) is 16.8. The largest absolute Gasteiger partial charge is 0.486 e. The van der Waals surface area contributed by atoms with E-state index in [4.69, 9.17) is 21.1 Å². The quantitative estimate of drug-likeness (QED) is 0.805. The lowest BCUT2D eigenvalue weighted by atomic mass is 10.1. The van der Waals surface area contributed by atoms with Gasteiger partial charge in [-0.3, -0.25) is 9.59 Å². The van der Waals surface area contributed by atoms with Crippen LogP contribution in [0.3, 0.4) is 0 Å². The van der Waals surface area contributed by atoms with Crippen molar-refractivity contribution in [3.05, 3.63) is 52.5 Å². The first-order valence-corrected chi connectivity index (χ1v) is 10.3. The van der Waals surface area contributed by atoms with E-state index in [1.807, 2.05) is 23.1 Å². The Morgan fingerprint density at radius 2 is 1.76 bits per heavy atom. The van der Waals surface area contributed by atoms with E-state index in [1.165, 1.54) is 0 Å². The van der Waals surface area contributed by atoms with Crippen LogP contribution in [0.5, 0.6) is 11.5 Å². The van der Waals surface area contributed by atoms with Crippen LogP contribution >= 0.6 is 11.6 Å². The third-order valence-electron chi connectivity index (χ3n) is 5.13. The van der Waals surface area contributed by atoms with E-state index in [2.05, 4.69) is 5.32 Å². The molecule has 1 fully saturated rings. The van der Waals surface area contributed by atoms with Crippen molar-refractivity contribution in [2.45, 2.75) is 25.7 Å². The van der Waals surface area contributed by atoms with Gasteiger partial charge in [0.05, 0.1) is 11.3 Å². The lowest BCUT2D eigenvalue weighted by Crippen LogP contribution is -2.28. The van der Waals surface area contributed by atoms with Crippen LogP contribution in [-0.2, 0) is 11.2 Å². The molecule has 0 atom stereocenters. The summed E-state index contributed by atoms with van der Waals surface area (Å²) in [5.41, 5.74) is 1.93. The zero-order chi connectivity index (χ0) is 20.2. The number of likely N-dealkylation sites (tertiary alicyclic amines) is 1. The second-order valence-electron chi connectivity index (χ2n) is 7.22. The molecule has 0 unspecified atom stereocenters. The number of nitrogens with one attached hydrogen (secondary N) is 1. The van der Waals surface area contributed by atoms with Gasteiger partial charge in [0, 0.05) is 24.5 Å². The van der Waals surface area contributed by atoms with Crippen LogP contribution in [0.15, 0.2) is 36.4 Å². The fourth-order valence-corrected chi connectivity index (χ4v) is 3.78. The van der Waals surface area contributed by atoms with Crippen molar-refractivity contribution >= 4 is 29.1 Å². The maximum Gasteiger partial charge on any atom is 0.255 e. The van der Waals surface area contributed by atoms with Crippen LogP contribution in [0, 0.1) is 0 Å². The van der Waals surface area contributed by atoms with E-state index in [-0.39, 0.29) is 18.2 Å². The summed E-state index contributed by atoms with van der Waals surface area (Å²) in [7, 11) is 0. The average molecular weight is 415 g/mol. The Kier molecular flexibility index (Phi) is 5.90. The second kappa shape index (κ2) is 8.74. The standard InChI is InChI=1S/C22H23ClN2O4/c23-16-5-6-17(22(27)25-9-1-2-10-25)18(14-16)24-21(26)8-4-15-3-7-19-20(13-15)29-12-11-28-19/h3,5-7,13-14H,1-2,4,8-12H2,(H,24,26). The SMILES string of the molecule is O=C(CCc1ccc2c(c1)OCCO2)Nc1cc(Cl)ccc1C(=O)N1CCCC1. The van der Waals surface area contributed by atoms with Crippen molar-refractivity contribution in [3.8, 4) is 11.5 Å². The third kappa shape index (κ3) is 4.65. The Hall–Kier alpha value is -2.73. The molecule has 2 aliphatic heterocycles. The zero-order valence-electron chi connectivity index (χ0n) is 16.1. The highest BCUT2D eigenvalue weighted by atomic mass is 35.5. The molecular formula is C22H23ClN2O4. The van der Waals surface area contributed by atoms with Crippen molar-refractivity contribution in [3.63, 3.8) is 0 Å². The minimum atomic E-state index is -0.169. The van der Waals surface area contributed by atoms with E-state index < -0.39 is 0 Å². The number of benzene rings is 2. The van der Waals surface area contributed by atoms with Crippen LogP contribution < -0.4 is 14.8 Å². The number of amides is 2. The smallest absolute Gasteiger partial charge is 0.255 e. The number of rotatable bonds is 5. The molecule has 6 nitrogen and oxygen atoms in total. The topological polar surface area (TPSA) is 67.9 Å². The molecule has 29 heavy (non-hydrogen) atoms. The van der Waals surface area contributed by atoms with Gasteiger partial charge in [-0.15, -0.1) is 0 Å². The van der Waals surface area contributed by atoms with Gasteiger partial charge in [-0.05, 0) is 55.2 Å². The highest BCUT2D eigenvalue weighted by molar-refractivity contribution is 6.31. The van der Waals surface area contributed by atoms with E-state index >= 15 is 0 Å². The summed E-state index contributed by atoms with van der Waals surface area (Å²) in [6.45, 7) is 2.57. The molecule has 7 heteroatoms. The molecule has 1 saturated heterocycles. The number of aryl methyl sites for hydroxylation is 1. The third-order valence-corrected chi connectivity index (χ3v) is 5.36. The summed E-state index contributed by atoms with van der Waals surface area (Å²) in [5, 5.41) is 3.34. The van der Waals surface area contributed by atoms with Gasteiger partial charge in [-0.2, -0.15) is 0 Å². The number of carbonyl (C=O) groups is 2. The first-order valence-electron chi connectivity index (χ1n) is 9.87. The molecule has 2 aliphatic rings. The van der Waals surface area contributed by atoms with Crippen molar-refractivity contribution in [1.29, 1.82) is 0 Å². The fraction of sp³-hybridized carbons (Fsp3) is 0.364. The summed E-state index contributed by atoms with van der Waals surface area (Å²) in [5.74, 6) is 1.20. The molecule has 2 aromatic carbocycles.